The summed E-state index contributed by atoms with van der Waals surface area (Å²) >= 11 is 7.65. The molecule has 0 fully saturated rings. The number of halogens is 1. The smallest absolute Gasteiger partial charge is 0.144 e. The number of hydrogen-bond donors (Lipinski definition) is 2. The minimum Gasteiger partial charge on any atom is -0.308 e. The topological polar surface area (TPSA) is 63.8 Å². The number of nitrogens with zero attached hydrogens (tertiary/aromatic N) is 2. The summed E-state index contributed by atoms with van der Waals surface area (Å²) in [5.41, 5.74) is 2.57. The van der Waals surface area contributed by atoms with Crippen molar-refractivity contribution in [3.8, 4) is 0 Å². The van der Waals surface area contributed by atoms with Crippen LogP contribution in [0, 0.1) is 0 Å². The van der Waals surface area contributed by atoms with Gasteiger partial charge in [0.15, 0.2) is 0 Å². The third-order valence-electron chi connectivity index (χ3n) is 2.42. The van der Waals surface area contributed by atoms with Crippen molar-refractivity contribution in [2.45, 2.75) is 29.7 Å². The highest BCUT2D eigenvalue weighted by molar-refractivity contribution is 7.99. The van der Waals surface area contributed by atoms with Crippen molar-refractivity contribution in [2.75, 3.05) is 5.43 Å². The summed E-state index contributed by atoms with van der Waals surface area (Å²) in [7, 11) is 0. The lowest BCUT2D eigenvalue weighted by molar-refractivity contribution is 0.810. The molecular weight excluding hydrogens is 280 g/mol. The second-order valence-corrected chi connectivity index (χ2v) is 5.40. The number of hydrogen-bond acceptors (Lipinski definition) is 5. The van der Waals surface area contributed by atoms with Crippen LogP contribution in [0.5, 0.6) is 0 Å². The van der Waals surface area contributed by atoms with Crippen LogP contribution in [0.25, 0.3) is 0 Å². The molecule has 0 radical (unpaired) electrons. The van der Waals surface area contributed by atoms with E-state index < -0.39 is 0 Å². The maximum Gasteiger partial charge on any atom is 0.144 e. The quantitative estimate of drug-likeness (QED) is 0.502. The number of anilines is 1. The Morgan fingerprint density at radius 3 is 2.79 bits per heavy atom. The van der Waals surface area contributed by atoms with Crippen molar-refractivity contribution in [2.24, 2.45) is 5.84 Å². The zero-order valence-corrected chi connectivity index (χ0v) is 12.1. The second kappa shape index (κ2) is 6.75. The summed E-state index contributed by atoms with van der Waals surface area (Å²) in [6.07, 6.45) is 1.82. The molecule has 0 aliphatic rings. The van der Waals surface area contributed by atoms with E-state index in [9.17, 15) is 0 Å². The van der Waals surface area contributed by atoms with Crippen LogP contribution in [-0.4, -0.2) is 9.97 Å². The first-order valence-electron chi connectivity index (χ1n) is 6.00. The average Bonchev–Trinajstić information content (AvgIpc) is 2.41. The molecule has 0 saturated carbocycles. The Kier molecular flexibility index (Phi) is 5.01. The first-order valence-corrected chi connectivity index (χ1v) is 7.19. The van der Waals surface area contributed by atoms with Gasteiger partial charge in [-0.15, -0.1) is 0 Å². The van der Waals surface area contributed by atoms with Gasteiger partial charge in [-0.3, -0.25) is 0 Å². The number of nitrogens with one attached hydrogen (secondary N) is 1. The van der Waals surface area contributed by atoms with Crippen LogP contribution in [0.3, 0.4) is 0 Å². The highest BCUT2D eigenvalue weighted by atomic mass is 35.5. The van der Waals surface area contributed by atoms with Crippen molar-refractivity contribution in [3.63, 3.8) is 0 Å². The number of nitrogen functional groups attached to an aromatic ring is 1. The average molecular weight is 295 g/mol. The van der Waals surface area contributed by atoms with Gasteiger partial charge in [-0.2, -0.15) is 0 Å². The fraction of sp³-hybridized carbons (Fsp3) is 0.231. The molecule has 0 bridgehead atoms. The Morgan fingerprint density at radius 2 is 2.11 bits per heavy atom. The first kappa shape index (κ1) is 14.1. The van der Waals surface area contributed by atoms with Crippen molar-refractivity contribution in [3.05, 3.63) is 41.2 Å². The number of nitrogens with two attached hydrogens (primary N) is 1. The van der Waals surface area contributed by atoms with E-state index in [0.717, 1.165) is 28.6 Å². The number of hydrazine groups is 1. The van der Waals surface area contributed by atoms with Gasteiger partial charge in [0, 0.05) is 17.4 Å². The fourth-order valence-electron chi connectivity index (χ4n) is 1.57. The van der Waals surface area contributed by atoms with Crippen LogP contribution in [0.2, 0.25) is 5.02 Å². The van der Waals surface area contributed by atoms with Gasteiger partial charge in [-0.25, -0.2) is 15.8 Å². The minimum absolute atomic E-state index is 0.619. The van der Waals surface area contributed by atoms with E-state index in [4.69, 9.17) is 17.4 Å². The summed E-state index contributed by atoms with van der Waals surface area (Å²) in [5, 5.41) is 1.55. The highest BCUT2D eigenvalue weighted by Gasteiger charge is 2.07. The molecule has 2 aromatic rings. The monoisotopic (exact) mass is 294 g/mol. The zero-order chi connectivity index (χ0) is 13.7. The molecule has 0 unspecified atom stereocenters. The third-order valence-corrected chi connectivity index (χ3v) is 3.86. The predicted octanol–water partition coefficient (Wildman–Crippen LogP) is 3.52. The van der Waals surface area contributed by atoms with Gasteiger partial charge in [-0.1, -0.05) is 42.4 Å². The predicted molar refractivity (Wildman–Crippen MR) is 79.4 cm³/mol. The zero-order valence-electron chi connectivity index (χ0n) is 10.6. The van der Waals surface area contributed by atoms with Gasteiger partial charge < -0.3 is 5.43 Å². The Hall–Kier alpha value is -1.30. The summed E-state index contributed by atoms with van der Waals surface area (Å²) in [6.45, 7) is 2.09. The Morgan fingerprint density at radius 1 is 1.32 bits per heavy atom. The summed E-state index contributed by atoms with van der Waals surface area (Å²) < 4.78 is 0. The lowest BCUT2D eigenvalue weighted by atomic mass is 10.3. The van der Waals surface area contributed by atoms with Crippen molar-refractivity contribution < 1.29 is 0 Å². The molecule has 0 atom stereocenters. The van der Waals surface area contributed by atoms with E-state index in [0.29, 0.717) is 10.8 Å². The Balaban J connectivity index is 2.29. The molecule has 4 nitrogen and oxygen atoms in total. The molecule has 1 aromatic carbocycles. The molecule has 3 N–H and O–H groups in total. The molecule has 2 rings (SSSR count). The summed E-state index contributed by atoms with van der Waals surface area (Å²) in [6, 6.07) is 9.49. The minimum atomic E-state index is 0.619. The third kappa shape index (κ3) is 3.83. The highest BCUT2D eigenvalue weighted by Crippen LogP contribution is 2.32. The first-order chi connectivity index (χ1) is 9.22. The van der Waals surface area contributed by atoms with Crippen molar-refractivity contribution in [1.82, 2.24) is 9.97 Å². The molecule has 100 valence electrons. The summed E-state index contributed by atoms with van der Waals surface area (Å²) in [4.78, 5) is 9.78. The largest absolute Gasteiger partial charge is 0.308 e. The molecule has 0 aliphatic carbocycles. The van der Waals surface area contributed by atoms with Crippen LogP contribution in [-0.2, 0) is 6.42 Å². The van der Waals surface area contributed by atoms with E-state index >= 15 is 0 Å². The van der Waals surface area contributed by atoms with E-state index in [-0.39, 0.29) is 0 Å². The maximum absolute atomic E-state index is 6.14. The molecule has 0 aliphatic heterocycles. The maximum atomic E-state index is 6.14. The molecule has 1 heterocycles. The van der Waals surface area contributed by atoms with Gasteiger partial charge in [0.1, 0.15) is 16.7 Å². The molecule has 1 aromatic heterocycles. The van der Waals surface area contributed by atoms with E-state index in [1.54, 1.807) is 0 Å². The lowest BCUT2D eigenvalue weighted by Gasteiger charge is -2.07. The molecular formula is C13H15ClN4S. The molecule has 0 saturated heterocycles. The fourth-order valence-corrected chi connectivity index (χ4v) is 2.69. The molecule has 0 amide bonds. The van der Waals surface area contributed by atoms with Crippen LogP contribution in [0.15, 0.2) is 40.3 Å². The molecule has 0 spiro atoms. The Labute approximate surface area is 121 Å². The van der Waals surface area contributed by atoms with E-state index in [2.05, 4.69) is 22.3 Å². The number of aryl methyl sites for hydroxylation is 1. The van der Waals surface area contributed by atoms with Crippen molar-refractivity contribution in [1.29, 1.82) is 0 Å². The van der Waals surface area contributed by atoms with Crippen LogP contribution in [0.4, 0.5) is 5.82 Å². The van der Waals surface area contributed by atoms with E-state index in [1.807, 2.05) is 30.3 Å². The standard InChI is InChI=1S/C13H15ClN4S/c1-2-5-11-16-12(18-15)8-13(17-11)19-10-7-4-3-6-9(10)14/h3-4,6-8H,2,5,15H2,1H3,(H,16,17,18). The molecule has 6 heteroatoms. The van der Waals surface area contributed by atoms with Crippen LogP contribution < -0.4 is 11.3 Å². The van der Waals surface area contributed by atoms with Gasteiger partial charge in [0.2, 0.25) is 0 Å². The summed E-state index contributed by atoms with van der Waals surface area (Å²) in [5.74, 6) is 6.83. The lowest BCUT2D eigenvalue weighted by Crippen LogP contribution is -2.10. The van der Waals surface area contributed by atoms with Crippen LogP contribution >= 0.6 is 23.4 Å². The normalized spacial score (nSPS) is 10.5. The number of rotatable bonds is 5. The SMILES string of the molecule is CCCc1nc(NN)cc(Sc2ccccc2Cl)n1. The second-order valence-electron chi connectivity index (χ2n) is 3.93. The van der Waals surface area contributed by atoms with Gasteiger partial charge in [-0.05, 0) is 18.6 Å². The van der Waals surface area contributed by atoms with Crippen molar-refractivity contribution >= 4 is 29.2 Å². The van der Waals surface area contributed by atoms with E-state index in [1.165, 1.54) is 11.8 Å². The van der Waals surface area contributed by atoms with Gasteiger partial charge >= 0.3 is 0 Å². The number of benzene rings is 1. The van der Waals surface area contributed by atoms with Gasteiger partial charge in [0.05, 0.1) is 5.02 Å². The molecule has 19 heavy (non-hydrogen) atoms. The Bertz CT molecular complexity index is 562. The number of aromatic nitrogens is 2. The van der Waals surface area contributed by atoms with Crippen LogP contribution in [0.1, 0.15) is 19.2 Å². The van der Waals surface area contributed by atoms with Gasteiger partial charge in [0.25, 0.3) is 0 Å².